The van der Waals surface area contributed by atoms with E-state index in [2.05, 4.69) is 9.97 Å². The fourth-order valence-corrected chi connectivity index (χ4v) is 2.59. The van der Waals surface area contributed by atoms with Gasteiger partial charge in [-0.3, -0.25) is 4.79 Å². The third-order valence-electron chi connectivity index (χ3n) is 3.85. The highest BCUT2D eigenvalue weighted by molar-refractivity contribution is 5.88. The first-order valence-electron chi connectivity index (χ1n) is 6.98. The van der Waals surface area contributed by atoms with Gasteiger partial charge in [-0.05, 0) is 18.2 Å². The van der Waals surface area contributed by atoms with Crippen LogP contribution in [-0.4, -0.2) is 26.3 Å². The van der Waals surface area contributed by atoms with Crippen LogP contribution in [0.1, 0.15) is 0 Å². The van der Waals surface area contributed by atoms with Gasteiger partial charge in [-0.1, -0.05) is 0 Å². The van der Waals surface area contributed by atoms with Gasteiger partial charge in [-0.15, -0.1) is 0 Å². The van der Waals surface area contributed by atoms with E-state index in [0.717, 1.165) is 4.57 Å². The van der Waals surface area contributed by atoms with E-state index < -0.39 is 16.9 Å². The molecule has 0 aliphatic carbocycles. The first kappa shape index (κ1) is 15.5. The smallest absolute Gasteiger partial charge is 0.439 e. The molecule has 3 N–H and O–H groups in total. The van der Waals surface area contributed by atoms with Gasteiger partial charge in [-0.2, -0.15) is 0 Å². The Bertz CT molecular complexity index is 1140. The van der Waals surface area contributed by atoms with Gasteiger partial charge in [0.2, 0.25) is 5.65 Å². The maximum Gasteiger partial charge on any atom is 0.439 e. The summed E-state index contributed by atoms with van der Waals surface area (Å²) in [6, 6.07) is 4.47. The fourth-order valence-electron chi connectivity index (χ4n) is 2.59. The third-order valence-corrected chi connectivity index (χ3v) is 3.85. The summed E-state index contributed by atoms with van der Waals surface area (Å²) in [5.41, 5.74) is -1.01. The second-order valence-corrected chi connectivity index (χ2v) is 5.27. The number of phenolic OH excluding ortho intramolecular Hbond substituents is 1. The Morgan fingerprint density at radius 2 is 1.88 bits per heavy atom. The van der Waals surface area contributed by atoms with Crippen LogP contribution in [0.5, 0.6) is 11.5 Å². The number of methoxy groups -OCH3 is 1. The van der Waals surface area contributed by atoms with E-state index in [1.165, 1.54) is 37.9 Å². The van der Waals surface area contributed by atoms with Crippen molar-refractivity contribution in [1.29, 1.82) is 0 Å². The van der Waals surface area contributed by atoms with E-state index in [9.17, 15) is 19.5 Å². The highest BCUT2D eigenvalue weighted by atomic mass is 16.5. The molecule has 0 aliphatic heterocycles. The largest absolute Gasteiger partial charge is 0.504 e. The molecule has 0 saturated carbocycles. The Balaban J connectivity index is 2.50. The summed E-state index contributed by atoms with van der Waals surface area (Å²) in [4.78, 5) is 41.5. The normalized spacial score (nSPS) is 11.0. The van der Waals surface area contributed by atoms with Crippen LogP contribution in [0.2, 0.25) is 0 Å². The van der Waals surface area contributed by atoms with E-state index >= 15 is 0 Å². The molecule has 3 rings (SSSR count). The lowest BCUT2D eigenvalue weighted by Crippen LogP contribution is -2.43. The molecule has 9 nitrogen and oxygen atoms in total. The van der Waals surface area contributed by atoms with E-state index in [0.29, 0.717) is 5.56 Å². The summed E-state index contributed by atoms with van der Waals surface area (Å²) >= 11 is 0. The Morgan fingerprint density at radius 3 is 2.50 bits per heavy atom. The molecule has 124 valence electrons. The van der Waals surface area contributed by atoms with Crippen molar-refractivity contribution < 1.29 is 14.8 Å². The second-order valence-electron chi connectivity index (χ2n) is 5.27. The van der Waals surface area contributed by atoms with Gasteiger partial charge in [0.15, 0.2) is 16.9 Å². The molecule has 2 heterocycles. The van der Waals surface area contributed by atoms with Crippen molar-refractivity contribution in [2.24, 2.45) is 14.1 Å². The second kappa shape index (κ2) is 5.37. The molecule has 0 bridgehead atoms. The SMILES string of the molecule is COc1ccc(-c2[nH]c(=O)[nH+]c3c2c(=O)n(C)c(=O)n3C)cc1O. The van der Waals surface area contributed by atoms with Crippen molar-refractivity contribution >= 4 is 11.0 Å². The molecular weight excluding hydrogens is 316 g/mol. The number of nitrogens with one attached hydrogen (secondary N) is 2. The van der Waals surface area contributed by atoms with E-state index in [1.54, 1.807) is 6.07 Å². The van der Waals surface area contributed by atoms with E-state index in [-0.39, 0.29) is 28.2 Å². The van der Waals surface area contributed by atoms with Gasteiger partial charge < -0.3 is 9.84 Å². The van der Waals surface area contributed by atoms with Crippen LogP contribution in [0.25, 0.3) is 22.3 Å². The first-order valence-corrected chi connectivity index (χ1v) is 6.98. The van der Waals surface area contributed by atoms with Gasteiger partial charge in [0.25, 0.3) is 5.56 Å². The van der Waals surface area contributed by atoms with Gasteiger partial charge in [0.1, 0.15) is 5.69 Å². The highest BCUT2D eigenvalue weighted by Crippen LogP contribution is 2.31. The molecule has 0 amide bonds. The van der Waals surface area contributed by atoms with Crippen LogP contribution in [0.3, 0.4) is 0 Å². The van der Waals surface area contributed by atoms with Crippen LogP contribution in [-0.2, 0) is 14.1 Å². The molecule has 0 aliphatic rings. The topological polar surface area (TPSA) is 120 Å². The zero-order valence-electron chi connectivity index (χ0n) is 13.2. The maximum atomic E-state index is 12.5. The number of aromatic hydroxyl groups is 1. The minimum atomic E-state index is -0.587. The zero-order chi connectivity index (χ0) is 17.6. The van der Waals surface area contributed by atoms with Crippen molar-refractivity contribution in [2.45, 2.75) is 0 Å². The number of hydrogen-bond acceptors (Lipinski definition) is 5. The highest BCUT2D eigenvalue weighted by Gasteiger charge is 2.21. The minimum absolute atomic E-state index is 0.0946. The fraction of sp³-hybridized carbons (Fsp3) is 0.200. The molecule has 0 unspecified atom stereocenters. The van der Waals surface area contributed by atoms with Crippen LogP contribution in [0.15, 0.2) is 32.6 Å². The number of aryl methyl sites for hydroxylation is 1. The minimum Gasteiger partial charge on any atom is -0.504 e. The molecule has 0 atom stereocenters. The number of ether oxygens (including phenoxy) is 1. The summed E-state index contributed by atoms with van der Waals surface area (Å²) in [5.74, 6) is 0.117. The number of benzene rings is 1. The van der Waals surface area contributed by atoms with Gasteiger partial charge in [0, 0.05) is 12.6 Å². The quantitative estimate of drug-likeness (QED) is 0.632. The van der Waals surface area contributed by atoms with E-state index in [4.69, 9.17) is 4.74 Å². The van der Waals surface area contributed by atoms with Crippen LogP contribution < -0.4 is 26.7 Å². The number of hydrogen-bond donors (Lipinski definition) is 2. The molecule has 9 heteroatoms. The number of nitrogens with zero attached hydrogens (tertiary/aromatic N) is 2. The number of aromatic amines is 2. The first-order chi connectivity index (χ1) is 11.3. The number of fused-ring (bicyclic) bond motifs is 1. The zero-order valence-corrected chi connectivity index (χ0v) is 13.2. The summed E-state index contributed by atoms with van der Waals surface area (Å²) in [5, 5.41) is 10.1. The van der Waals surface area contributed by atoms with Crippen molar-refractivity contribution in [3.63, 3.8) is 0 Å². The summed E-state index contributed by atoms with van der Waals surface area (Å²) in [6.07, 6.45) is 0. The Morgan fingerprint density at radius 1 is 1.17 bits per heavy atom. The van der Waals surface area contributed by atoms with Crippen LogP contribution in [0.4, 0.5) is 0 Å². The number of aromatic nitrogens is 4. The average Bonchev–Trinajstić information content (AvgIpc) is 2.57. The standard InChI is InChI=1S/C15H14N4O5/c1-18-12-10(13(21)19(2)15(18)23)11(16-14(22)17-12)7-4-5-9(24-3)8(20)6-7/h4-6,20H,1-3H3,(H,16,17,22)/p+1. The van der Waals surface area contributed by atoms with Crippen molar-refractivity contribution in [2.75, 3.05) is 7.11 Å². The van der Waals surface area contributed by atoms with Crippen LogP contribution >= 0.6 is 0 Å². The van der Waals surface area contributed by atoms with Gasteiger partial charge >= 0.3 is 11.4 Å². The molecule has 24 heavy (non-hydrogen) atoms. The van der Waals surface area contributed by atoms with Crippen molar-refractivity contribution in [3.8, 4) is 22.8 Å². The van der Waals surface area contributed by atoms with E-state index in [1.807, 2.05) is 0 Å². The van der Waals surface area contributed by atoms with Gasteiger partial charge in [0.05, 0.1) is 14.2 Å². The number of H-pyrrole nitrogens is 2. The monoisotopic (exact) mass is 331 g/mol. The predicted octanol–water partition coefficient (Wildman–Crippen LogP) is -0.879. The molecule has 1 aromatic carbocycles. The van der Waals surface area contributed by atoms with Crippen molar-refractivity contribution in [3.05, 3.63) is 49.5 Å². The summed E-state index contributed by atoms with van der Waals surface area (Å²) in [7, 11) is 4.22. The molecular formula is C15H15N4O5+. The van der Waals surface area contributed by atoms with Gasteiger partial charge in [-0.25, -0.2) is 28.7 Å². The Kier molecular flexibility index (Phi) is 3.48. The number of phenols is 1. The average molecular weight is 331 g/mol. The summed E-state index contributed by atoms with van der Waals surface area (Å²) < 4.78 is 7.11. The Hall–Kier alpha value is -3.36. The molecule has 3 aromatic rings. The maximum absolute atomic E-state index is 12.5. The lowest BCUT2D eigenvalue weighted by Gasteiger charge is -2.08. The predicted molar refractivity (Wildman–Crippen MR) is 85.3 cm³/mol. The molecule has 0 saturated heterocycles. The van der Waals surface area contributed by atoms with Crippen LogP contribution in [0, 0.1) is 0 Å². The lowest BCUT2D eigenvalue weighted by atomic mass is 10.1. The molecule has 0 spiro atoms. The lowest BCUT2D eigenvalue weighted by molar-refractivity contribution is -0.374. The molecule has 0 radical (unpaired) electrons. The number of rotatable bonds is 2. The van der Waals surface area contributed by atoms with Crippen molar-refractivity contribution in [1.82, 2.24) is 14.1 Å². The Labute approximate surface area is 134 Å². The molecule has 2 aromatic heterocycles. The molecule has 0 fully saturated rings. The third kappa shape index (κ3) is 2.18. The summed E-state index contributed by atoms with van der Waals surface area (Å²) in [6.45, 7) is 0.